The van der Waals surface area contributed by atoms with E-state index in [0.29, 0.717) is 0 Å². The number of nitrogens with two attached hydrogens (primary N) is 1. The number of carbonyl (C=O) groups is 1. The van der Waals surface area contributed by atoms with Gasteiger partial charge in [0, 0.05) is 18.8 Å². The van der Waals surface area contributed by atoms with Gasteiger partial charge >= 0.3 is 6.18 Å². The summed E-state index contributed by atoms with van der Waals surface area (Å²) in [4.78, 5) is 13.1. The topological polar surface area (TPSA) is 46.3 Å². The molecule has 3 nitrogen and oxygen atoms in total. The zero-order valence-corrected chi connectivity index (χ0v) is 10.6. The van der Waals surface area contributed by atoms with E-state index < -0.39 is 30.4 Å². The number of halogens is 4. The van der Waals surface area contributed by atoms with Crippen LogP contribution in [-0.4, -0.2) is 30.1 Å². The van der Waals surface area contributed by atoms with E-state index in [1.807, 2.05) is 0 Å². The third kappa shape index (κ3) is 3.02. The molecule has 0 saturated carbocycles. The fourth-order valence-corrected chi connectivity index (χ4v) is 2.30. The van der Waals surface area contributed by atoms with Crippen LogP contribution >= 0.6 is 0 Å². The largest absolute Gasteiger partial charge is 0.399 e. The lowest BCUT2D eigenvalue weighted by atomic mass is 9.97. The second-order valence-corrected chi connectivity index (χ2v) is 4.87. The molecule has 1 heterocycles. The first kappa shape index (κ1) is 14.6. The Bertz CT molecular complexity index is 516. The molecule has 2 rings (SSSR count). The van der Waals surface area contributed by atoms with Crippen LogP contribution in [0.15, 0.2) is 18.2 Å². The van der Waals surface area contributed by atoms with E-state index >= 15 is 0 Å². The second-order valence-electron chi connectivity index (χ2n) is 4.87. The first-order valence-electron chi connectivity index (χ1n) is 6.20. The summed E-state index contributed by atoms with van der Waals surface area (Å²) in [5.41, 5.74) is 5.28. The van der Waals surface area contributed by atoms with Crippen LogP contribution in [0.25, 0.3) is 0 Å². The van der Waals surface area contributed by atoms with Crippen molar-refractivity contribution in [2.24, 2.45) is 5.92 Å². The maximum absolute atomic E-state index is 13.6. The second kappa shape index (κ2) is 5.30. The van der Waals surface area contributed by atoms with E-state index in [-0.39, 0.29) is 30.6 Å². The average molecular weight is 290 g/mol. The summed E-state index contributed by atoms with van der Waals surface area (Å²) in [6.45, 7) is -0.221. The summed E-state index contributed by atoms with van der Waals surface area (Å²) in [7, 11) is 0. The lowest BCUT2D eigenvalue weighted by molar-refractivity contribution is -0.184. The molecule has 1 aliphatic heterocycles. The number of carbonyl (C=O) groups excluding carboxylic acids is 1. The van der Waals surface area contributed by atoms with Gasteiger partial charge in [-0.05, 0) is 31.0 Å². The van der Waals surface area contributed by atoms with Crippen molar-refractivity contribution in [3.8, 4) is 0 Å². The van der Waals surface area contributed by atoms with Crippen molar-refractivity contribution in [1.82, 2.24) is 4.90 Å². The van der Waals surface area contributed by atoms with Crippen molar-refractivity contribution in [3.05, 3.63) is 29.6 Å². The number of alkyl halides is 3. The maximum atomic E-state index is 13.6. The quantitative estimate of drug-likeness (QED) is 0.638. The number of amides is 1. The van der Waals surface area contributed by atoms with Crippen molar-refractivity contribution in [1.29, 1.82) is 0 Å². The van der Waals surface area contributed by atoms with Crippen molar-refractivity contribution in [3.63, 3.8) is 0 Å². The molecular weight excluding hydrogens is 276 g/mol. The van der Waals surface area contributed by atoms with E-state index in [9.17, 15) is 22.4 Å². The first-order chi connectivity index (χ1) is 9.29. The van der Waals surface area contributed by atoms with E-state index in [4.69, 9.17) is 5.73 Å². The lowest BCUT2D eigenvalue weighted by Gasteiger charge is -2.33. The lowest BCUT2D eigenvalue weighted by Crippen LogP contribution is -2.44. The van der Waals surface area contributed by atoms with Crippen LogP contribution < -0.4 is 5.73 Å². The number of anilines is 1. The molecule has 1 atom stereocenters. The number of likely N-dealkylation sites (tertiary alicyclic amines) is 1. The number of benzene rings is 1. The highest BCUT2D eigenvalue weighted by molar-refractivity contribution is 5.94. The normalized spacial score (nSPS) is 20.0. The summed E-state index contributed by atoms with van der Waals surface area (Å²) in [6, 6.07) is 3.53. The molecule has 1 aromatic carbocycles. The van der Waals surface area contributed by atoms with Gasteiger partial charge in [0.1, 0.15) is 5.82 Å². The van der Waals surface area contributed by atoms with E-state index in [1.54, 1.807) is 0 Å². The molecule has 0 bridgehead atoms. The van der Waals surface area contributed by atoms with Gasteiger partial charge in [0.25, 0.3) is 5.91 Å². The molecule has 1 aromatic rings. The summed E-state index contributed by atoms with van der Waals surface area (Å²) >= 11 is 0. The predicted octanol–water partition coefficient (Wildman–Crippen LogP) is 2.82. The van der Waals surface area contributed by atoms with Crippen LogP contribution in [0, 0.1) is 11.7 Å². The van der Waals surface area contributed by atoms with E-state index in [1.165, 1.54) is 12.1 Å². The highest BCUT2D eigenvalue weighted by atomic mass is 19.4. The van der Waals surface area contributed by atoms with Gasteiger partial charge in [-0.1, -0.05) is 0 Å². The molecule has 2 N–H and O–H groups in total. The molecular formula is C13H14F4N2O. The molecule has 1 unspecified atom stereocenters. The summed E-state index contributed by atoms with van der Waals surface area (Å²) in [6.07, 6.45) is -4.08. The van der Waals surface area contributed by atoms with Crippen molar-refractivity contribution in [2.45, 2.75) is 19.0 Å². The van der Waals surface area contributed by atoms with Crippen molar-refractivity contribution < 1.29 is 22.4 Å². The molecule has 110 valence electrons. The van der Waals surface area contributed by atoms with E-state index in [0.717, 1.165) is 11.0 Å². The third-order valence-corrected chi connectivity index (χ3v) is 3.40. The van der Waals surface area contributed by atoms with Gasteiger partial charge in [-0.15, -0.1) is 0 Å². The predicted molar refractivity (Wildman–Crippen MR) is 65.5 cm³/mol. The van der Waals surface area contributed by atoms with Crippen LogP contribution in [0.3, 0.4) is 0 Å². The minimum Gasteiger partial charge on any atom is -0.399 e. The van der Waals surface area contributed by atoms with Gasteiger partial charge in [0.2, 0.25) is 0 Å². The zero-order valence-electron chi connectivity index (χ0n) is 10.6. The monoisotopic (exact) mass is 290 g/mol. The Morgan fingerprint density at radius 1 is 1.35 bits per heavy atom. The molecule has 7 heteroatoms. The molecule has 0 radical (unpaired) electrons. The highest BCUT2D eigenvalue weighted by Crippen LogP contribution is 2.33. The summed E-state index contributed by atoms with van der Waals surface area (Å²) in [5, 5.41) is 0. The molecule has 20 heavy (non-hydrogen) atoms. The molecule has 0 aromatic heterocycles. The fraction of sp³-hybridized carbons (Fsp3) is 0.462. The van der Waals surface area contributed by atoms with Gasteiger partial charge in [0.15, 0.2) is 0 Å². The van der Waals surface area contributed by atoms with Gasteiger partial charge in [-0.3, -0.25) is 4.79 Å². The number of hydrogen-bond donors (Lipinski definition) is 1. The molecule has 0 aliphatic carbocycles. The van der Waals surface area contributed by atoms with Crippen LogP contribution in [0.2, 0.25) is 0 Å². The smallest absolute Gasteiger partial charge is 0.393 e. The number of nitrogens with zero attached hydrogens (tertiary/aromatic N) is 1. The van der Waals surface area contributed by atoms with Gasteiger partial charge in [0.05, 0.1) is 11.5 Å². The average Bonchev–Trinajstić information content (AvgIpc) is 2.37. The minimum absolute atomic E-state index is 0.00248. The highest BCUT2D eigenvalue weighted by Gasteiger charge is 2.42. The van der Waals surface area contributed by atoms with Gasteiger partial charge in [-0.25, -0.2) is 4.39 Å². The Morgan fingerprint density at radius 2 is 2.05 bits per heavy atom. The van der Waals surface area contributed by atoms with Crippen molar-refractivity contribution in [2.75, 3.05) is 18.8 Å². The number of hydrogen-bond acceptors (Lipinski definition) is 2. The zero-order chi connectivity index (χ0) is 14.9. The number of nitrogen functional groups attached to an aromatic ring is 1. The Labute approximate surface area is 113 Å². The van der Waals surface area contributed by atoms with Crippen LogP contribution in [0.5, 0.6) is 0 Å². The maximum Gasteiger partial charge on any atom is 0.393 e. The molecule has 0 spiro atoms. The van der Waals surface area contributed by atoms with Gasteiger partial charge in [-0.2, -0.15) is 13.2 Å². The Kier molecular flexibility index (Phi) is 3.87. The number of rotatable bonds is 1. The fourth-order valence-electron chi connectivity index (χ4n) is 2.30. The number of piperidine rings is 1. The third-order valence-electron chi connectivity index (χ3n) is 3.40. The SMILES string of the molecule is Nc1ccc(C(=O)N2CCCC(C(F)(F)F)C2)c(F)c1. The summed E-state index contributed by atoms with van der Waals surface area (Å²) < 4.78 is 51.7. The van der Waals surface area contributed by atoms with E-state index in [2.05, 4.69) is 0 Å². The van der Waals surface area contributed by atoms with Crippen LogP contribution in [0.4, 0.5) is 23.2 Å². The van der Waals surface area contributed by atoms with Crippen LogP contribution in [-0.2, 0) is 0 Å². The molecule has 1 aliphatic rings. The standard InChI is InChI=1S/C13H14F4N2O/c14-11-6-9(18)3-4-10(11)12(20)19-5-1-2-8(7-19)13(15,16)17/h3-4,6,8H,1-2,5,7,18H2. The molecule has 1 amide bonds. The molecule has 1 fully saturated rings. The molecule has 1 saturated heterocycles. The minimum atomic E-state index is -4.33. The Morgan fingerprint density at radius 3 is 2.65 bits per heavy atom. The van der Waals surface area contributed by atoms with Crippen molar-refractivity contribution >= 4 is 11.6 Å². The van der Waals surface area contributed by atoms with Gasteiger partial charge < -0.3 is 10.6 Å². The first-order valence-corrected chi connectivity index (χ1v) is 6.20. The summed E-state index contributed by atoms with van der Waals surface area (Å²) in [5.74, 6) is -3.09. The Balaban J connectivity index is 2.16. The van der Waals surface area contributed by atoms with Crippen LogP contribution in [0.1, 0.15) is 23.2 Å². The Hall–Kier alpha value is -1.79.